The highest BCUT2D eigenvalue weighted by atomic mass is 32.2. The molecule has 0 unspecified atom stereocenters. The van der Waals surface area contributed by atoms with E-state index in [1.54, 1.807) is 31.4 Å². The first-order chi connectivity index (χ1) is 15.0. The van der Waals surface area contributed by atoms with Crippen molar-refractivity contribution in [2.45, 2.75) is 37.5 Å². The Kier molecular flexibility index (Phi) is 10.4. The number of rotatable bonds is 13. The normalized spacial score (nSPS) is 19.1. The molecule has 0 aromatic heterocycles. The molecule has 0 saturated carbocycles. The summed E-state index contributed by atoms with van der Waals surface area (Å²) in [5, 5.41) is 0. The summed E-state index contributed by atoms with van der Waals surface area (Å²) in [6.45, 7) is 3.83. The Morgan fingerprint density at radius 1 is 1.12 bits per heavy atom. The van der Waals surface area contributed by atoms with Crippen molar-refractivity contribution in [3.05, 3.63) is 24.3 Å². The zero-order chi connectivity index (χ0) is 23.8. The number of anilines is 1. The maximum Gasteiger partial charge on any atom is 0.279 e. The van der Waals surface area contributed by atoms with Crippen molar-refractivity contribution in [3.8, 4) is 0 Å². The average Bonchev–Trinajstić information content (AvgIpc) is 2.77. The number of nitrogens with one attached hydrogen (secondary N) is 2. The highest BCUT2D eigenvalue weighted by molar-refractivity contribution is 7.89. The molecule has 0 spiro atoms. The Labute approximate surface area is 193 Å². The first kappa shape index (κ1) is 27.0. The third kappa shape index (κ3) is 8.27. The lowest BCUT2D eigenvalue weighted by molar-refractivity contribution is 0.175. The number of hydrogen-bond acceptors (Lipinski definition) is 6. The summed E-state index contributed by atoms with van der Waals surface area (Å²) in [5.74, 6) is 0.140. The number of piperidine rings is 1. The second-order valence-corrected chi connectivity index (χ2v) is 12.2. The molecule has 2 atom stereocenters. The topological polar surface area (TPSA) is 108 Å². The van der Waals surface area contributed by atoms with E-state index in [0.29, 0.717) is 25.6 Å². The summed E-state index contributed by atoms with van der Waals surface area (Å²) in [6.07, 6.45) is 3.76. The standard InChI is InChI=1S/C21H38N4O5S2/c1-18(15-22-31(26,27)21-11-9-20(10-12-21)24(2)3)16-23-32(28,29)25-13-5-7-19(17-25)8-6-14-30-4/h9-12,18-19,22-23H,5-8,13-17H2,1-4H3/t18-,19-/m0/s1. The van der Waals surface area contributed by atoms with E-state index < -0.39 is 20.2 Å². The van der Waals surface area contributed by atoms with Gasteiger partial charge in [-0.1, -0.05) is 6.92 Å². The van der Waals surface area contributed by atoms with E-state index in [-0.39, 0.29) is 23.9 Å². The molecule has 1 aromatic rings. The Balaban J connectivity index is 1.82. The monoisotopic (exact) mass is 490 g/mol. The second kappa shape index (κ2) is 12.3. The van der Waals surface area contributed by atoms with E-state index in [1.165, 1.54) is 4.31 Å². The zero-order valence-corrected chi connectivity index (χ0v) is 21.2. The van der Waals surface area contributed by atoms with Gasteiger partial charge in [0.2, 0.25) is 10.0 Å². The number of nitrogens with zero attached hydrogens (tertiary/aromatic N) is 2. The molecule has 0 bridgehead atoms. The quantitative estimate of drug-likeness (QED) is 0.407. The molecule has 1 aliphatic heterocycles. The van der Waals surface area contributed by atoms with Crippen LogP contribution in [-0.4, -0.2) is 75.1 Å². The van der Waals surface area contributed by atoms with Crippen LogP contribution in [0.5, 0.6) is 0 Å². The van der Waals surface area contributed by atoms with E-state index in [0.717, 1.165) is 31.4 Å². The average molecular weight is 491 g/mol. The lowest BCUT2D eigenvalue weighted by Crippen LogP contribution is -2.47. The Morgan fingerprint density at radius 3 is 2.41 bits per heavy atom. The number of ether oxygens (including phenoxy) is 1. The van der Waals surface area contributed by atoms with Gasteiger partial charge < -0.3 is 9.64 Å². The number of hydrogen-bond donors (Lipinski definition) is 2. The van der Waals surface area contributed by atoms with Gasteiger partial charge in [-0.05, 0) is 61.8 Å². The van der Waals surface area contributed by atoms with Crippen molar-refractivity contribution in [2.24, 2.45) is 11.8 Å². The number of benzene rings is 1. The molecule has 2 rings (SSSR count). The fraction of sp³-hybridized carbons (Fsp3) is 0.714. The summed E-state index contributed by atoms with van der Waals surface area (Å²) >= 11 is 0. The Bertz CT molecular complexity index is 905. The largest absolute Gasteiger partial charge is 0.385 e. The van der Waals surface area contributed by atoms with E-state index in [2.05, 4.69) is 9.44 Å². The van der Waals surface area contributed by atoms with E-state index >= 15 is 0 Å². The van der Waals surface area contributed by atoms with Gasteiger partial charge in [-0.15, -0.1) is 0 Å². The van der Waals surface area contributed by atoms with Crippen molar-refractivity contribution >= 4 is 25.9 Å². The fourth-order valence-electron chi connectivity index (χ4n) is 3.67. The zero-order valence-electron chi connectivity index (χ0n) is 19.6. The smallest absolute Gasteiger partial charge is 0.279 e. The van der Waals surface area contributed by atoms with Crippen LogP contribution in [0.1, 0.15) is 32.6 Å². The highest BCUT2D eigenvalue weighted by Crippen LogP contribution is 2.22. The summed E-state index contributed by atoms with van der Waals surface area (Å²) in [4.78, 5) is 2.08. The molecule has 0 aliphatic carbocycles. The van der Waals surface area contributed by atoms with Gasteiger partial charge in [0.25, 0.3) is 10.2 Å². The summed E-state index contributed by atoms with van der Waals surface area (Å²) < 4.78 is 62.3. The molecule has 1 aromatic carbocycles. The molecule has 184 valence electrons. The third-order valence-electron chi connectivity index (χ3n) is 5.68. The molecule has 11 heteroatoms. The van der Waals surface area contributed by atoms with E-state index in [4.69, 9.17) is 4.74 Å². The Morgan fingerprint density at radius 2 is 1.78 bits per heavy atom. The lowest BCUT2D eigenvalue weighted by atomic mass is 9.95. The fourth-order valence-corrected chi connectivity index (χ4v) is 6.29. The molecule has 0 amide bonds. The number of sulfonamides is 1. The first-order valence-corrected chi connectivity index (χ1v) is 14.0. The van der Waals surface area contributed by atoms with Gasteiger partial charge in [-0.3, -0.25) is 0 Å². The van der Waals surface area contributed by atoms with E-state index in [1.807, 2.05) is 25.9 Å². The molecule has 32 heavy (non-hydrogen) atoms. The van der Waals surface area contributed by atoms with Gasteiger partial charge in [0.15, 0.2) is 0 Å². The van der Waals surface area contributed by atoms with Crippen molar-refractivity contribution in [3.63, 3.8) is 0 Å². The van der Waals surface area contributed by atoms with Crippen LogP contribution in [0, 0.1) is 11.8 Å². The van der Waals surface area contributed by atoms with Gasteiger partial charge in [0.1, 0.15) is 0 Å². The predicted octanol–water partition coefficient (Wildman–Crippen LogP) is 1.64. The van der Waals surface area contributed by atoms with Crippen LogP contribution in [0.3, 0.4) is 0 Å². The van der Waals surface area contributed by atoms with E-state index in [9.17, 15) is 16.8 Å². The SMILES string of the molecule is COCCC[C@@H]1CCCN(S(=O)(=O)NC[C@@H](C)CNS(=O)(=O)c2ccc(N(C)C)cc2)C1. The molecule has 1 heterocycles. The maximum atomic E-state index is 12.7. The maximum absolute atomic E-state index is 12.7. The minimum Gasteiger partial charge on any atom is -0.385 e. The molecule has 9 nitrogen and oxygen atoms in total. The van der Waals surface area contributed by atoms with Gasteiger partial charge in [-0.25, -0.2) is 17.9 Å². The second-order valence-electron chi connectivity index (χ2n) is 8.70. The Hall–Kier alpha value is -1.24. The van der Waals surface area contributed by atoms with Crippen molar-refractivity contribution in [1.82, 2.24) is 13.7 Å². The minimum atomic E-state index is -3.66. The van der Waals surface area contributed by atoms with Crippen LogP contribution in [-0.2, 0) is 25.0 Å². The van der Waals surface area contributed by atoms with Crippen LogP contribution < -0.4 is 14.3 Å². The molecular weight excluding hydrogens is 452 g/mol. The third-order valence-corrected chi connectivity index (χ3v) is 8.66. The van der Waals surface area contributed by atoms with Gasteiger partial charge in [0.05, 0.1) is 4.90 Å². The van der Waals surface area contributed by atoms with Crippen LogP contribution in [0.15, 0.2) is 29.2 Å². The molecule has 0 radical (unpaired) electrons. The van der Waals surface area contributed by atoms with Gasteiger partial charge in [0, 0.05) is 59.7 Å². The van der Waals surface area contributed by atoms with Crippen LogP contribution in [0.4, 0.5) is 5.69 Å². The molecule has 1 saturated heterocycles. The number of methoxy groups -OCH3 is 1. The molecule has 2 N–H and O–H groups in total. The highest BCUT2D eigenvalue weighted by Gasteiger charge is 2.28. The van der Waals surface area contributed by atoms with Gasteiger partial charge >= 0.3 is 0 Å². The lowest BCUT2D eigenvalue weighted by Gasteiger charge is -2.32. The summed E-state index contributed by atoms with van der Waals surface area (Å²) in [7, 11) is -1.81. The van der Waals surface area contributed by atoms with Crippen LogP contribution in [0.25, 0.3) is 0 Å². The summed E-state index contributed by atoms with van der Waals surface area (Å²) in [5.41, 5.74) is 0.908. The minimum absolute atomic E-state index is 0.139. The van der Waals surface area contributed by atoms with Gasteiger partial charge in [-0.2, -0.15) is 12.7 Å². The first-order valence-electron chi connectivity index (χ1n) is 11.1. The molecule has 1 aliphatic rings. The predicted molar refractivity (Wildman–Crippen MR) is 127 cm³/mol. The molecular formula is C21H38N4O5S2. The van der Waals surface area contributed by atoms with Crippen molar-refractivity contribution < 1.29 is 21.6 Å². The van der Waals surface area contributed by atoms with Crippen molar-refractivity contribution in [2.75, 3.05) is 58.9 Å². The van der Waals surface area contributed by atoms with Crippen molar-refractivity contribution in [1.29, 1.82) is 0 Å². The van der Waals surface area contributed by atoms with Crippen LogP contribution in [0.2, 0.25) is 0 Å². The van der Waals surface area contributed by atoms with Crippen LogP contribution >= 0.6 is 0 Å². The molecule has 1 fully saturated rings. The summed E-state index contributed by atoms with van der Waals surface area (Å²) in [6, 6.07) is 6.61.